The molecule has 13 aromatic rings. The van der Waals surface area contributed by atoms with Gasteiger partial charge in [0.2, 0.25) is 0 Å². The normalized spacial score (nSPS) is 11.9. The van der Waals surface area contributed by atoms with E-state index in [-0.39, 0.29) is 0 Å². The van der Waals surface area contributed by atoms with Gasteiger partial charge in [-0.15, -0.1) is 0 Å². The molecule has 0 aliphatic heterocycles. The zero-order chi connectivity index (χ0) is 66.1. The number of fused-ring (bicyclic) bond motifs is 6. The number of hydrogen-bond donors (Lipinski definition) is 0. The summed E-state index contributed by atoms with van der Waals surface area (Å²) in [6.07, 6.45) is 27.5. The van der Waals surface area contributed by atoms with Gasteiger partial charge in [-0.1, -0.05) is 240 Å². The lowest BCUT2D eigenvalue weighted by Crippen LogP contribution is -2.13. The fourth-order valence-corrected chi connectivity index (χ4v) is 16.2. The van der Waals surface area contributed by atoms with Crippen LogP contribution in [-0.4, -0.2) is 0 Å². The second-order valence-corrected chi connectivity index (χ2v) is 28.2. The van der Waals surface area contributed by atoms with Gasteiger partial charge in [0, 0.05) is 33.5 Å². The summed E-state index contributed by atoms with van der Waals surface area (Å²) in [7, 11) is 0. The maximum Gasteiger partial charge on any atom is 0.0540 e. The van der Waals surface area contributed by atoms with Gasteiger partial charge >= 0.3 is 0 Å². The van der Waals surface area contributed by atoms with Crippen molar-refractivity contribution in [1.82, 2.24) is 0 Å². The van der Waals surface area contributed by atoms with E-state index in [2.05, 4.69) is 259 Å². The summed E-state index contributed by atoms with van der Waals surface area (Å²) in [5.41, 5.74) is 24.3. The molecule has 0 aliphatic rings. The van der Waals surface area contributed by atoms with Crippen molar-refractivity contribution in [3.05, 3.63) is 239 Å². The Bertz CT molecular complexity index is 4170. The van der Waals surface area contributed by atoms with Crippen LogP contribution in [0.5, 0.6) is 0 Å². The van der Waals surface area contributed by atoms with Crippen molar-refractivity contribution >= 4 is 98.8 Å². The molecule has 13 aromatic carbocycles. The number of unbranched alkanes of at least 4 members (excludes halogenated alkanes) is 8. The molecule has 490 valence electrons. The van der Waals surface area contributed by atoms with Gasteiger partial charge in [0.05, 0.1) is 11.4 Å². The maximum absolute atomic E-state index is 2.69. The second-order valence-electron chi connectivity index (χ2n) is 28.2. The molecule has 0 saturated carbocycles. The van der Waals surface area contributed by atoms with E-state index in [0.717, 1.165) is 51.4 Å². The van der Waals surface area contributed by atoms with Gasteiger partial charge in [0.15, 0.2) is 0 Å². The van der Waals surface area contributed by atoms with Gasteiger partial charge in [0.25, 0.3) is 0 Å². The van der Waals surface area contributed by atoms with E-state index >= 15 is 0 Å². The molecular weight excluding hydrogens is 1160 g/mol. The first-order valence-corrected chi connectivity index (χ1v) is 37.9. The quantitative estimate of drug-likeness (QED) is 0.0415. The van der Waals surface area contributed by atoms with Crippen LogP contribution in [0.25, 0.3) is 86.9 Å². The van der Waals surface area contributed by atoms with Crippen molar-refractivity contribution in [2.75, 3.05) is 9.80 Å². The average molecular weight is 1260 g/mol. The molecule has 2 nitrogen and oxygen atoms in total. The predicted molar refractivity (Wildman–Crippen MR) is 423 cm³/mol. The lowest BCUT2D eigenvalue weighted by molar-refractivity contribution is 0.779. The third-order valence-corrected chi connectivity index (χ3v) is 21.0. The fraction of sp³-hybridized carbons (Fsp3) is 0.340. The van der Waals surface area contributed by atoms with E-state index in [4.69, 9.17) is 0 Å². The molecule has 13 rings (SSSR count). The molecule has 0 amide bonds. The third kappa shape index (κ3) is 13.4. The van der Waals surface area contributed by atoms with Crippen molar-refractivity contribution in [1.29, 1.82) is 0 Å². The smallest absolute Gasteiger partial charge is 0.0540 e. The van der Waals surface area contributed by atoms with Crippen LogP contribution in [0.2, 0.25) is 0 Å². The maximum atomic E-state index is 2.69. The zero-order valence-electron chi connectivity index (χ0n) is 59.3. The topological polar surface area (TPSA) is 6.48 Å². The Balaban J connectivity index is 1.14. The number of benzene rings is 11. The van der Waals surface area contributed by atoms with Crippen molar-refractivity contribution in [3.8, 4) is 22.3 Å². The molecule has 0 bridgehead atoms. The van der Waals surface area contributed by atoms with E-state index in [1.165, 1.54) is 268 Å². The standard InChI is InChI=1S/C94H104N2/c1-9-17-33-65-53-66(34-18-10-2)58-75(57-65)95(76-59-67(35-19-11-3)54-68(60-76)36-20-12-4)85-51-49-83-89-79(85)45-31-47-81(89)91-87(73-41-27-25-28-42-73)92-82-48-32-46-80-86(52-50-84(90(80)82)94(92)88(93(83)91)74-43-29-26-30-44-74)96(77-61-69(37-21-13-5)55-70(62-77)38-22-14-6)78-63-71(39-23-15-7)56-72(64-78)40-24-16-8/h25-32,41-64H,9-24,33-40H2,1-8H3. The SMILES string of the molecule is CCCCc1cc(CCCC)cc(N(c2cc(CCCC)cc(CCCC)c2)c2ccc3c4c(-c5ccccc5)c5c6ccc(N(c7cc(CCCC)cc(CCCC)c7)c7cc(CCCC)cc(CCCC)c7)c7cccc(c5c(-c5ccccc5)c4c4cccc2c43)c76)c1. The van der Waals surface area contributed by atoms with E-state index < -0.39 is 0 Å². The molecule has 2 heteroatoms. The Kier molecular flexibility index (Phi) is 21.2. The van der Waals surface area contributed by atoms with Crippen LogP contribution in [0.4, 0.5) is 34.1 Å². The molecule has 0 saturated heterocycles. The van der Waals surface area contributed by atoms with Crippen LogP contribution >= 0.6 is 0 Å². The average Bonchev–Trinajstić information content (AvgIpc) is 1.51. The Morgan fingerprint density at radius 1 is 0.208 bits per heavy atom. The van der Waals surface area contributed by atoms with Crippen LogP contribution in [0.3, 0.4) is 0 Å². The van der Waals surface area contributed by atoms with Crippen LogP contribution in [-0.2, 0) is 51.4 Å². The summed E-state index contributed by atoms with van der Waals surface area (Å²) in [4.78, 5) is 5.38. The molecule has 0 heterocycles. The summed E-state index contributed by atoms with van der Waals surface area (Å²) < 4.78 is 0. The summed E-state index contributed by atoms with van der Waals surface area (Å²) >= 11 is 0. The van der Waals surface area contributed by atoms with E-state index in [0.29, 0.717) is 0 Å². The number of aryl methyl sites for hydroxylation is 8. The molecule has 0 aromatic heterocycles. The van der Waals surface area contributed by atoms with Crippen molar-refractivity contribution in [3.63, 3.8) is 0 Å². The highest BCUT2D eigenvalue weighted by Gasteiger charge is 2.31. The van der Waals surface area contributed by atoms with E-state index in [1.807, 2.05) is 0 Å². The summed E-state index contributed by atoms with van der Waals surface area (Å²) in [6.45, 7) is 18.7. The lowest BCUT2D eigenvalue weighted by Gasteiger charge is -2.29. The first-order valence-electron chi connectivity index (χ1n) is 37.9. The molecule has 0 aliphatic carbocycles. The Morgan fingerprint density at radius 2 is 0.438 bits per heavy atom. The Labute approximate surface area is 575 Å². The van der Waals surface area contributed by atoms with E-state index in [9.17, 15) is 0 Å². The minimum atomic E-state index is 1.08. The van der Waals surface area contributed by atoms with Gasteiger partial charge in [-0.25, -0.2) is 0 Å². The highest BCUT2D eigenvalue weighted by atomic mass is 15.2. The number of rotatable bonds is 32. The molecule has 0 unspecified atom stereocenters. The fourth-order valence-electron chi connectivity index (χ4n) is 16.2. The van der Waals surface area contributed by atoms with Gasteiger partial charge in [0.1, 0.15) is 0 Å². The molecule has 0 fully saturated rings. The molecule has 0 N–H and O–H groups in total. The van der Waals surface area contributed by atoms with Crippen LogP contribution in [0.15, 0.2) is 194 Å². The Morgan fingerprint density at radius 3 is 0.677 bits per heavy atom. The predicted octanol–water partition coefficient (Wildman–Crippen LogP) is 28.5. The zero-order valence-corrected chi connectivity index (χ0v) is 59.3. The van der Waals surface area contributed by atoms with Crippen LogP contribution in [0, 0.1) is 0 Å². The van der Waals surface area contributed by atoms with E-state index in [1.54, 1.807) is 0 Å². The van der Waals surface area contributed by atoms with Crippen molar-refractivity contribution < 1.29 is 0 Å². The number of anilines is 6. The van der Waals surface area contributed by atoms with Crippen LogP contribution < -0.4 is 9.80 Å². The highest BCUT2D eigenvalue weighted by molar-refractivity contribution is 6.47. The van der Waals surface area contributed by atoms with Crippen molar-refractivity contribution in [2.24, 2.45) is 0 Å². The number of hydrogen-bond acceptors (Lipinski definition) is 2. The largest absolute Gasteiger partial charge is 0.310 e. The lowest BCUT2D eigenvalue weighted by atomic mass is 9.87. The molecular formula is C94H104N2. The highest BCUT2D eigenvalue weighted by Crippen LogP contribution is 2.58. The van der Waals surface area contributed by atoms with Crippen LogP contribution in [0.1, 0.15) is 203 Å². The minimum absolute atomic E-state index is 1.08. The molecule has 96 heavy (non-hydrogen) atoms. The first kappa shape index (κ1) is 66.2. The van der Waals surface area contributed by atoms with Crippen molar-refractivity contribution in [2.45, 2.75) is 209 Å². The summed E-state index contributed by atoms with van der Waals surface area (Å²) in [6, 6.07) is 78.2. The summed E-state index contributed by atoms with van der Waals surface area (Å²) in [5.74, 6) is 0. The second kappa shape index (κ2) is 30.7. The third-order valence-electron chi connectivity index (χ3n) is 21.0. The van der Waals surface area contributed by atoms with Gasteiger partial charge in [-0.3, -0.25) is 0 Å². The van der Waals surface area contributed by atoms with Gasteiger partial charge in [-0.05, 0) is 284 Å². The van der Waals surface area contributed by atoms with Gasteiger partial charge in [-0.2, -0.15) is 0 Å². The molecule has 0 spiro atoms. The Hall–Kier alpha value is -8.46. The first-order chi connectivity index (χ1) is 47.3. The number of nitrogens with zero attached hydrogens (tertiary/aromatic N) is 2. The van der Waals surface area contributed by atoms with Gasteiger partial charge < -0.3 is 9.80 Å². The minimum Gasteiger partial charge on any atom is -0.310 e. The molecule has 0 radical (unpaired) electrons. The summed E-state index contributed by atoms with van der Waals surface area (Å²) in [5, 5.41) is 15.9. The monoisotopic (exact) mass is 1260 g/mol. The molecule has 0 atom stereocenters.